The van der Waals surface area contributed by atoms with Crippen LogP contribution in [0.4, 0.5) is 0 Å². The van der Waals surface area contributed by atoms with E-state index >= 15 is 14.4 Å². The molecule has 1 saturated heterocycles. The van der Waals surface area contributed by atoms with E-state index in [1.807, 2.05) is 0 Å². The number of carbonyl (C=O) groups is 5. The van der Waals surface area contributed by atoms with Gasteiger partial charge in [-0.3, -0.25) is 9.59 Å². The summed E-state index contributed by atoms with van der Waals surface area (Å²) >= 11 is 0. The molecule has 6 aromatic rings. The lowest BCUT2D eigenvalue weighted by Gasteiger charge is -2.41. The van der Waals surface area contributed by atoms with Crippen LogP contribution in [0.2, 0.25) is 0 Å². The number of ketones is 2. The van der Waals surface area contributed by atoms with Gasteiger partial charge < -0.3 is 155 Å². The number of hydrogen-bond acceptors (Lipinski definition) is 36. The minimum absolute atomic E-state index is 0.236. The van der Waals surface area contributed by atoms with Crippen LogP contribution >= 0.6 is 0 Å². The zero-order valence-electron chi connectivity index (χ0n) is 50.7. The number of Topliss-reactive ketones (excluding diaryl/α,β-unsaturated/α-hetero) is 2. The summed E-state index contributed by atoms with van der Waals surface area (Å²) in [7, 11) is 2.15. The number of aromatic hydroxyl groups is 12. The predicted molar refractivity (Wildman–Crippen MR) is 321 cm³/mol. The van der Waals surface area contributed by atoms with Crippen LogP contribution in [0.25, 0.3) is 44.9 Å². The summed E-state index contributed by atoms with van der Waals surface area (Å²) in [6, 6.07) is 4.05. The average Bonchev–Trinajstić information content (AvgIpc) is 1.37. The Balaban J connectivity index is 1.19. The van der Waals surface area contributed by atoms with Crippen molar-refractivity contribution in [2.45, 2.75) is 61.0 Å². The van der Waals surface area contributed by atoms with E-state index in [9.17, 15) is 122 Å². The van der Waals surface area contributed by atoms with Gasteiger partial charge in [-0.2, -0.15) is 0 Å². The van der Waals surface area contributed by atoms with E-state index in [1.165, 1.54) is 0 Å². The van der Waals surface area contributed by atoms with Crippen LogP contribution in [0, 0.1) is 0 Å². The van der Waals surface area contributed by atoms with Gasteiger partial charge in [-0.05, 0) is 18.2 Å². The molecule has 5 aromatic carbocycles. The number of fused-ring (bicyclic) bond motifs is 12. The molecule has 0 unspecified atom stereocenters. The number of hydrogen-bond donors (Lipinski definition) is 22. The van der Waals surface area contributed by atoms with E-state index in [-0.39, 0.29) is 17.7 Å². The Bertz CT molecular complexity index is 5080. The highest BCUT2D eigenvalue weighted by atomic mass is 16.7. The van der Waals surface area contributed by atoms with E-state index < -0.39 is 313 Å². The maximum absolute atomic E-state index is 15.6. The molecule has 0 spiro atoms. The topological polar surface area (TPSA) is 625 Å². The molecule has 37 heteroatoms. The van der Waals surface area contributed by atoms with E-state index in [4.69, 9.17) is 47.0 Å². The van der Waals surface area contributed by atoms with E-state index in [1.54, 1.807) is 0 Å². The second kappa shape index (κ2) is 23.6. The van der Waals surface area contributed by atoms with E-state index in [2.05, 4.69) is 0 Å². The molecule has 0 radical (unpaired) electrons. The standard InChI is InChI=1S/C64H48O37/c1-92-22-3-12(4-23(93-2)41(22)74)54-24(96-64-53(86)50(83)42(75)25(10-65)97-64)8-13-17(66)9-18(67)30(55(13)98-54)35-34-37-33(48(81)52(85)49(34)82)32-36-31(46(79)51(84)47(32)80)29-16(7-21(70)40(73)45(29)78)60(88)95-26-11-94-59(87)14-5-19(68)38(71)43(76)27(14)28-15(6-20(69)39(72)44(28)77)61(89)99-56(26)58(101-63(36)91)57(35)100-62(37)90/h3-9,25-26,35,42,50,53,56-58,64-65,75,83,86H,10-11H2,1-2H3,(H17-,66,67,68,69,70,71,72,73,74,76,77,78,79,80,81,82,84,85,87,88,89,90,91)/p+1/t25-,26-,35+,42-,50+,53-,56-,57+,58+,64-/m1/s1. The zero-order valence-corrected chi connectivity index (χ0v) is 50.7. The fraction of sp³-hybridized carbons (Fsp3) is 0.219. The van der Waals surface area contributed by atoms with Gasteiger partial charge in [-0.15, -0.1) is 0 Å². The number of phenols is 12. The minimum Gasteiger partial charge on any atom is -0.507 e. The number of esters is 3. The number of carbonyl (C=O) groups excluding carboxylic acids is 5. The van der Waals surface area contributed by atoms with Crippen molar-refractivity contribution < 1.29 is 183 Å². The second-order valence-electron chi connectivity index (χ2n) is 23.1. The SMILES string of the molecule is COc1cc(-c2[o+]c3c([C@H]4c5c(O)c(O)c(O)c6c5=C(O)O[C@@H]4[C@H]4OC(O)=C5C(=C7C(=O)C(O)=C(O)C=C7C(=O)O[C@@H]7COC(=O)c8cc(O)c(O)c(O)c8-c8c(cc(O)c(O)c8O)C(=O)O[C@@H]47)C(O)=C(O)C(=O)C=65)c(O)cc(O)c3cc2O[C@@H]2O[C@H](CO)[C@@H](O)[C@H](O)[C@H]2O)cc(OC)c1O. The van der Waals surface area contributed by atoms with Crippen LogP contribution in [0.5, 0.6) is 86.2 Å². The Labute approximate surface area is 557 Å². The largest absolute Gasteiger partial charge is 0.507 e. The van der Waals surface area contributed by atoms with Gasteiger partial charge in [0, 0.05) is 51.7 Å². The van der Waals surface area contributed by atoms with Crippen LogP contribution in [0.3, 0.4) is 0 Å². The maximum atomic E-state index is 15.6. The summed E-state index contributed by atoms with van der Waals surface area (Å²) in [5.41, 5.74) is -16.2. The Morgan fingerprint density at radius 3 is 1.71 bits per heavy atom. The average molecular weight is 1410 g/mol. The van der Waals surface area contributed by atoms with Crippen molar-refractivity contribution in [3.8, 4) is 109 Å². The number of methoxy groups -OCH3 is 2. The van der Waals surface area contributed by atoms with Crippen molar-refractivity contribution >= 4 is 52.0 Å². The predicted octanol–water partition coefficient (Wildman–Crippen LogP) is 0.549. The molecular formula is C64H49O37+. The summed E-state index contributed by atoms with van der Waals surface area (Å²) in [5.74, 6) is -43.0. The second-order valence-corrected chi connectivity index (χ2v) is 23.1. The van der Waals surface area contributed by atoms with Gasteiger partial charge in [0.15, 0.2) is 81.9 Å². The summed E-state index contributed by atoms with van der Waals surface area (Å²) < 4.78 is 59.2. The highest BCUT2D eigenvalue weighted by Crippen LogP contribution is 2.57. The van der Waals surface area contributed by atoms with Gasteiger partial charge in [-0.25, -0.2) is 18.8 Å². The Hall–Kier alpha value is -13.1. The van der Waals surface area contributed by atoms with Gasteiger partial charge in [0.2, 0.25) is 58.1 Å². The van der Waals surface area contributed by atoms with Crippen LogP contribution in [-0.2, 0) is 42.8 Å². The maximum Gasteiger partial charge on any atom is 0.402 e. The molecule has 2 aliphatic carbocycles. The van der Waals surface area contributed by atoms with Crippen LogP contribution in [0.15, 0.2) is 98.2 Å². The lowest BCUT2D eigenvalue weighted by atomic mass is 9.75. The molecule has 22 N–H and O–H groups in total. The summed E-state index contributed by atoms with van der Waals surface area (Å²) in [5, 5.41) is 251. The molecule has 526 valence electrons. The van der Waals surface area contributed by atoms with Crippen molar-refractivity contribution in [2.75, 3.05) is 27.4 Å². The molecule has 6 heterocycles. The van der Waals surface area contributed by atoms with Crippen LogP contribution in [-0.4, -0.2) is 224 Å². The van der Waals surface area contributed by atoms with Crippen molar-refractivity contribution in [1.29, 1.82) is 0 Å². The molecule has 0 amide bonds. The first-order valence-electron chi connectivity index (χ1n) is 29.0. The lowest BCUT2D eigenvalue weighted by molar-refractivity contribution is -0.277. The summed E-state index contributed by atoms with van der Waals surface area (Å²) in [4.78, 5) is 75.4. The first-order chi connectivity index (χ1) is 47.8. The smallest absolute Gasteiger partial charge is 0.402 e. The molecule has 10 atom stereocenters. The number of aliphatic hydroxyl groups is 10. The van der Waals surface area contributed by atoms with Crippen LogP contribution < -0.4 is 24.6 Å². The zero-order chi connectivity index (χ0) is 73.0. The molecule has 1 aromatic heterocycles. The number of allylic oxidation sites excluding steroid dienone is 4. The highest BCUT2D eigenvalue weighted by molar-refractivity contribution is 6.32. The molecule has 13 rings (SSSR count). The van der Waals surface area contributed by atoms with Crippen molar-refractivity contribution in [3.05, 3.63) is 126 Å². The number of phenolic OH excluding ortho intramolecular Hbond substituents is 12. The third kappa shape index (κ3) is 9.72. The first-order valence-corrected chi connectivity index (χ1v) is 29.0. The fourth-order valence-corrected chi connectivity index (χ4v) is 12.9. The molecule has 7 aliphatic rings. The Morgan fingerprint density at radius 1 is 0.495 bits per heavy atom. The molecule has 37 nitrogen and oxygen atoms in total. The Kier molecular flexibility index (Phi) is 15.5. The number of aliphatic hydroxyl groups excluding tert-OH is 10. The molecule has 4 bridgehead atoms. The summed E-state index contributed by atoms with van der Waals surface area (Å²) in [6.45, 7) is -2.71. The van der Waals surface area contributed by atoms with E-state index in [0.717, 1.165) is 32.4 Å². The fourth-order valence-electron chi connectivity index (χ4n) is 12.9. The third-order valence-electron chi connectivity index (χ3n) is 17.6. The molecule has 5 aliphatic heterocycles. The molecule has 101 heavy (non-hydrogen) atoms. The van der Waals surface area contributed by atoms with Crippen molar-refractivity contribution in [1.82, 2.24) is 0 Å². The number of benzene rings is 5. The molecule has 1 fully saturated rings. The van der Waals surface area contributed by atoms with E-state index in [0.29, 0.717) is 12.1 Å². The van der Waals surface area contributed by atoms with Gasteiger partial charge in [0.25, 0.3) is 11.9 Å². The third-order valence-corrected chi connectivity index (χ3v) is 17.6. The number of rotatable bonds is 7. The normalized spacial score (nSPS) is 24.2. The van der Waals surface area contributed by atoms with Crippen LogP contribution in [0.1, 0.15) is 37.8 Å². The molecule has 0 saturated carbocycles. The van der Waals surface area contributed by atoms with Gasteiger partial charge in [0.1, 0.15) is 53.5 Å². The highest BCUT2D eigenvalue weighted by Gasteiger charge is 2.57. The van der Waals surface area contributed by atoms with Gasteiger partial charge in [0.05, 0.1) is 70.9 Å². The lowest BCUT2D eigenvalue weighted by Crippen LogP contribution is -2.60. The monoisotopic (exact) mass is 1410 g/mol. The number of cyclic esters (lactones) is 1. The quantitative estimate of drug-likeness (QED) is 0.0449. The van der Waals surface area contributed by atoms with Gasteiger partial charge >= 0.3 is 29.3 Å². The minimum atomic E-state index is -3.07. The van der Waals surface area contributed by atoms with Crippen molar-refractivity contribution in [3.63, 3.8) is 0 Å². The summed E-state index contributed by atoms with van der Waals surface area (Å²) in [6.07, 6.45) is -21.7. The Morgan fingerprint density at radius 2 is 1.10 bits per heavy atom. The number of ether oxygens (including phenoxy) is 9. The van der Waals surface area contributed by atoms with Crippen molar-refractivity contribution in [2.24, 2.45) is 0 Å². The molecular weight excluding hydrogens is 1360 g/mol. The first kappa shape index (κ1) is 66.5. The van der Waals surface area contributed by atoms with Gasteiger partial charge in [-0.1, -0.05) is 0 Å².